The molecule has 3 aromatic carbocycles. The number of aromatic nitrogens is 1. The molecule has 1 aromatic heterocycles. The molecule has 0 saturated carbocycles. The normalized spacial score (nSPS) is 17.9. The van der Waals surface area contributed by atoms with Crippen LogP contribution in [-0.2, 0) is 32.0 Å². The fourth-order valence-electron chi connectivity index (χ4n) is 6.59. The zero-order chi connectivity index (χ0) is 36.1. The molecule has 2 atom stereocenters. The number of aliphatic hydroxyl groups excluding tert-OH is 2. The molecule has 260 valence electrons. The van der Waals surface area contributed by atoms with Gasteiger partial charge in [0.2, 0.25) is 6.79 Å². The van der Waals surface area contributed by atoms with Crippen molar-refractivity contribution in [1.82, 2.24) is 14.8 Å². The molecule has 7 rings (SSSR count). The van der Waals surface area contributed by atoms with Crippen LogP contribution in [0.1, 0.15) is 48.2 Å². The summed E-state index contributed by atoms with van der Waals surface area (Å²) in [6, 6.07) is 27.2. The van der Waals surface area contributed by atoms with E-state index in [1.54, 1.807) is 36.7 Å². The highest BCUT2D eigenvalue weighted by Gasteiger charge is 2.43. The number of fused-ring (bicyclic) bond motifs is 1. The molecule has 2 unspecified atom stereocenters. The van der Waals surface area contributed by atoms with E-state index < -0.39 is 35.4 Å². The third-order valence-electron chi connectivity index (χ3n) is 9.05. The lowest BCUT2D eigenvalue weighted by molar-refractivity contribution is -0.130. The van der Waals surface area contributed by atoms with E-state index in [0.29, 0.717) is 48.6 Å². The number of pyridine rings is 1. The minimum absolute atomic E-state index is 0.118. The number of Topliss-reactive ketones (excluding diaryl/α,β-unsaturated/α-hetero) is 2. The zero-order valence-corrected chi connectivity index (χ0v) is 28.2. The highest BCUT2D eigenvalue weighted by Crippen LogP contribution is 2.42. The summed E-state index contributed by atoms with van der Waals surface area (Å²) in [7, 11) is 0. The molecule has 3 aliphatic heterocycles. The number of hydrogen-bond acceptors (Lipinski definition) is 9. The maximum absolute atomic E-state index is 12.7. The number of nitrogens with zero attached hydrogens (tertiary/aromatic N) is 3. The van der Waals surface area contributed by atoms with Crippen molar-refractivity contribution < 1.29 is 38.9 Å². The molecule has 0 aliphatic carbocycles. The van der Waals surface area contributed by atoms with Crippen LogP contribution >= 0.6 is 0 Å². The SMILES string of the molecule is CC(=O)C1=C(O)C(=O)N(CCc2ccccc2)C1c1ccc2c(c1)OCO2.CC(=O)C1=C(O)C(=O)N(CCc2ccccc2)C1c1cccnc1. The monoisotopic (exact) mass is 687 g/mol. The second-order valence-corrected chi connectivity index (χ2v) is 12.3. The van der Waals surface area contributed by atoms with E-state index in [-0.39, 0.29) is 29.5 Å². The minimum atomic E-state index is -0.645. The van der Waals surface area contributed by atoms with Crippen molar-refractivity contribution >= 4 is 23.4 Å². The van der Waals surface area contributed by atoms with Gasteiger partial charge in [0, 0.05) is 25.5 Å². The maximum atomic E-state index is 12.7. The Morgan fingerprint density at radius 3 is 1.69 bits per heavy atom. The molecule has 11 nitrogen and oxygen atoms in total. The predicted molar refractivity (Wildman–Crippen MR) is 187 cm³/mol. The molecule has 0 saturated heterocycles. The van der Waals surface area contributed by atoms with Gasteiger partial charge in [0.25, 0.3) is 11.8 Å². The molecular weight excluding hydrogens is 650 g/mol. The van der Waals surface area contributed by atoms with E-state index in [9.17, 15) is 29.4 Å². The molecular formula is C40H37N3O8. The van der Waals surface area contributed by atoms with Crippen molar-refractivity contribution in [3.05, 3.63) is 148 Å². The summed E-state index contributed by atoms with van der Waals surface area (Å²) in [5.74, 6) is -1.41. The summed E-state index contributed by atoms with van der Waals surface area (Å²) in [6.45, 7) is 3.65. The first-order chi connectivity index (χ1) is 24.7. The van der Waals surface area contributed by atoms with E-state index in [2.05, 4.69) is 4.98 Å². The second kappa shape index (κ2) is 15.1. The summed E-state index contributed by atoms with van der Waals surface area (Å²) in [6.07, 6.45) is 4.51. The molecule has 0 radical (unpaired) electrons. The molecule has 2 amide bonds. The summed E-state index contributed by atoms with van der Waals surface area (Å²) < 4.78 is 10.8. The Hall–Kier alpha value is -6.23. The number of rotatable bonds is 10. The number of carbonyl (C=O) groups is 4. The van der Waals surface area contributed by atoms with Crippen LogP contribution in [0.15, 0.2) is 126 Å². The average molecular weight is 688 g/mol. The highest BCUT2D eigenvalue weighted by atomic mass is 16.7. The molecule has 0 bridgehead atoms. The Morgan fingerprint density at radius 1 is 0.686 bits per heavy atom. The molecule has 4 heterocycles. The van der Waals surface area contributed by atoms with Crippen LogP contribution in [-0.4, -0.2) is 68.3 Å². The molecule has 4 aromatic rings. The first-order valence-electron chi connectivity index (χ1n) is 16.5. The van der Waals surface area contributed by atoms with E-state index in [1.807, 2.05) is 66.7 Å². The average Bonchev–Trinajstić information content (AvgIpc) is 3.79. The maximum Gasteiger partial charge on any atom is 0.290 e. The number of benzene rings is 3. The first kappa shape index (κ1) is 34.6. The van der Waals surface area contributed by atoms with Crippen LogP contribution in [0.4, 0.5) is 0 Å². The molecule has 51 heavy (non-hydrogen) atoms. The Balaban J connectivity index is 0.000000177. The summed E-state index contributed by atoms with van der Waals surface area (Å²) in [5.41, 5.74) is 3.84. The topological polar surface area (TPSA) is 147 Å². The van der Waals surface area contributed by atoms with Crippen molar-refractivity contribution in [2.75, 3.05) is 19.9 Å². The number of ether oxygens (including phenoxy) is 2. The van der Waals surface area contributed by atoms with Crippen molar-refractivity contribution in [3.8, 4) is 11.5 Å². The highest BCUT2D eigenvalue weighted by molar-refractivity contribution is 6.08. The first-order valence-corrected chi connectivity index (χ1v) is 16.5. The Kier molecular flexibility index (Phi) is 10.3. The van der Waals surface area contributed by atoms with E-state index in [4.69, 9.17) is 9.47 Å². The van der Waals surface area contributed by atoms with Gasteiger partial charge in [0.1, 0.15) is 0 Å². The second-order valence-electron chi connectivity index (χ2n) is 12.3. The number of aliphatic hydroxyl groups is 2. The lowest BCUT2D eigenvalue weighted by atomic mass is 9.96. The van der Waals surface area contributed by atoms with Gasteiger partial charge in [-0.25, -0.2) is 0 Å². The molecule has 3 aliphatic rings. The van der Waals surface area contributed by atoms with E-state index >= 15 is 0 Å². The fraction of sp³-hybridized carbons (Fsp3) is 0.225. The van der Waals surface area contributed by atoms with Crippen LogP contribution in [0.3, 0.4) is 0 Å². The van der Waals surface area contributed by atoms with Gasteiger partial charge in [0.15, 0.2) is 34.6 Å². The van der Waals surface area contributed by atoms with E-state index in [1.165, 1.54) is 23.6 Å². The molecule has 0 fully saturated rings. The smallest absolute Gasteiger partial charge is 0.290 e. The minimum Gasteiger partial charge on any atom is -0.503 e. The van der Waals surface area contributed by atoms with Crippen molar-refractivity contribution in [2.45, 2.75) is 38.8 Å². The molecule has 0 spiro atoms. The predicted octanol–water partition coefficient (Wildman–Crippen LogP) is 5.55. The van der Waals surface area contributed by atoms with Crippen LogP contribution in [0.25, 0.3) is 0 Å². The summed E-state index contributed by atoms with van der Waals surface area (Å²) in [4.78, 5) is 56.5. The van der Waals surface area contributed by atoms with Crippen LogP contribution < -0.4 is 9.47 Å². The Bertz CT molecular complexity index is 2010. The summed E-state index contributed by atoms with van der Waals surface area (Å²) >= 11 is 0. The third-order valence-corrected chi connectivity index (χ3v) is 9.05. The van der Waals surface area contributed by atoms with Gasteiger partial charge in [-0.1, -0.05) is 72.8 Å². The van der Waals surface area contributed by atoms with Gasteiger partial charge in [-0.3, -0.25) is 24.2 Å². The van der Waals surface area contributed by atoms with Gasteiger partial charge in [0.05, 0.1) is 23.2 Å². The number of ketones is 2. The number of carbonyl (C=O) groups excluding carboxylic acids is 4. The Morgan fingerprint density at radius 2 is 1.20 bits per heavy atom. The Labute approximate surface area is 295 Å². The zero-order valence-electron chi connectivity index (χ0n) is 28.2. The van der Waals surface area contributed by atoms with Crippen LogP contribution in [0, 0.1) is 0 Å². The summed E-state index contributed by atoms with van der Waals surface area (Å²) in [5, 5.41) is 20.5. The lowest BCUT2D eigenvalue weighted by Crippen LogP contribution is -2.33. The van der Waals surface area contributed by atoms with Gasteiger partial charge in [-0.2, -0.15) is 0 Å². The third kappa shape index (κ3) is 7.23. The van der Waals surface area contributed by atoms with Crippen molar-refractivity contribution in [1.29, 1.82) is 0 Å². The van der Waals surface area contributed by atoms with Gasteiger partial charge in [-0.15, -0.1) is 0 Å². The molecule has 11 heteroatoms. The lowest BCUT2D eigenvalue weighted by Gasteiger charge is -2.26. The van der Waals surface area contributed by atoms with Crippen molar-refractivity contribution in [2.24, 2.45) is 0 Å². The fourth-order valence-corrected chi connectivity index (χ4v) is 6.59. The number of amides is 2. The quantitative estimate of drug-likeness (QED) is 0.219. The van der Waals surface area contributed by atoms with Gasteiger partial charge >= 0.3 is 0 Å². The molecule has 2 N–H and O–H groups in total. The van der Waals surface area contributed by atoms with Gasteiger partial charge in [-0.05, 0) is 67.1 Å². The standard InChI is InChI=1S/C21H19NO5.C19H18N2O3/c1-13(23)18-19(15-7-8-16-17(11-15)27-12-26-16)22(21(25)20(18)24)10-9-14-5-3-2-4-6-14;1-13(22)16-17(15-8-5-10-20-12-15)21(19(24)18(16)23)11-9-14-6-3-2-4-7-14/h2-8,11,19,24H,9-10,12H2,1H3;2-8,10,12,17,23H,9,11H2,1H3. The van der Waals surface area contributed by atoms with Crippen LogP contribution in [0.5, 0.6) is 11.5 Å². The number of hydrogen-bond donors (Lipinski definition) is 2. The van der Waals surface area contributed by atoms with Crippen LogP contribution in [0.2, 0.25) is 0 Å². The van der Waals surface area contributed by atoms with E-state index in [0.717, 1.165) is 11.1 Å². The largest absolute Gasteiger partial charge is 0.503 e. The van der Waals surface area contributed by atoms with Gasteiger partial charge < -0.3 is 29.5 Å². The van der Waals surface area contributed by atoms with Crippen molar-refractivity contribution in [3.63, 3.8) is 0 Å².